The SMILES string of the molecule is CC(C1CC1)n1cc(NS(=O)(=O)CCCC(F)(F)F)cn1. The topological polar surface area (TPSA) is 64.0 Å². The minimum absolute atomic E-state index is 0.202. The Morgan fingerprint density at radius 3 is 2.71 bits per heavy atom. The molecule has 1 saturated carbocycles. The maximum Gasteiger partial charge on any atom is 0.389 e. The molecule has 1 aliphatic rings. The van der Waals surface area contributed by atoms with Crippen LogP contribution >= 0.6 is 0 Å². The van der Waals surface area contributed by atoms with Gasteiger partial charge in [0.25, 0.3) is 0 Å². The fourth-order valence-corrected chi connectivity index (χ4v) is 3.19. The first-order valence-electron chi connectivity index (χ1n) is 6.78. The van der Waals surface area contributed by atoms with E-state index in [1.54, 1.807) is 10.9 Å². The molecule has 0 bridgehead atoms. The molecule has 0 spiro atoms. The van der Waals surface area contributed by atoms with Gasteiger partial charge in [0.05, 0.1) is 23.7 Å². The van der Waals surface area contributed by atoms with E-state index in [-0.39, 0.29) is 11.7 Å². The molecule has 1 aliphatic carbocycles. The molecule has 120 valence electrons. The predicted octanol–water partition coefficient (Wildman–Crippen LogP) is 2.94. The number of halogens is 3. The van der Waals surface area contributed by atoms with E-state index < -0.39 is 34.8 Å². The van der Waals surface area contributed by atoms with E-state index in [0.29, 0.717) is 5.92 Å². The molecule has 1 heterocycles. The molecular formula is C12H18F3N3O2S. The van der Waals surface area contributed by atoms with Gasteiger partial charge in [0.1, 0.15) is 0 Å². The highest BCUT2D eigenvalue weighted by Gasteiger charge is 2.30. The van der Waals surface area contributed by atoms with Gasteiger partial charge in [-0.15, -0.1) is 0 Å². The van der Waals surface area contributed by atoms with Crippen LogP contribution in [0.1, 0.15) is 38.6 Å². The smallest absolute Gasteiger partial charge is 0.280 e. The molecule has 21 heavy (non-hydrogen) atoms. The van der Waals surface area contributed by atoms with Crippen molar-refractivity contribution < 1.29 is 21.6 Å². The lowest BCUT2D eigenvalue weighted by atomic mass is 10.2. The summed E-state index contributed by atoms with van der Waals surface area (Å²) in [5.74, 6) is 0.0108. The second kappa shape index (κ2) is 5.86. The molecule has 0 radical (unpaired) electrons. The first-order chi connectivity index (χ1) is 9.66. The number of nitrogens with one attached hydrogen (secondary N) is 1. The molecule has 0 amide bonds. The van der Waals surface area contributed by atoms with E-state index in [1.807, 2.05) is 6.92 Å². The van der Waals surface area contributed by atoms with Gasteiger partial charge in [-0.2, -0.15) is 18.3 Å². The van der Waals surface area contributed by atoms with Crippen LogP contribution in [0.3, 0.4) is 0 Å². The highest BCUT2D eigenvalue weighted by molar-refractivity contribution is 7.92. The van der Waals surface area contributed by atoms with E-state index in [2.05, 4.69) is 9.82 Å². The number of hydrogen-bond donors (Lipinski definition) is 1. The largest absolute Gasteiger partial charge is 0.389 e. The van der Waals surface area contributed by atoms with E-state index in [1.165, 1.54) is 6.20 Å². The Morgan fingerprint density at radius 2 is 2.14 bits per heavy atom. The van der Waals surface area contributed by atoms with Crippen molar-refractivity contribution in [3.05, 3.63) is 12.4 Å². The van der Waals surface area contributed by atoms with Crippen molar-refractivity contribution in [2.45, 2.75) is 44.8 Å². The molecule has 0 aromatic carbocycles. The molecule has 1 fully saturated rings. The molecule has 1 N–H and O–H groups in total. The van der Waals surface area contributed by atoms with E-state index >= 15 is 0 Å². The molecule has 5 nitrogen and oxygen atoms in total. The van der Waals surface area contributed by atoms with Crippen molar-refractivity contribution in [3.8, 4) is 0 Å². The average molecular weight is 325 g/mol. The van der Waals surface area contributed by atoms with E-state index in [0.717, 1.165) is 12.8 Å². The zero-order valence-corrected chi connectivity index (χ0v) is 12.4. The average Bonchev–Trinajstić information content (AvgIpc) is 3.07. The molecule has 1 aromatic heterocycles. The van der Waals surface area contributed by atoms with Gasteiger partial charge in [-0.05, 0) is 32.1 Å². The summed E-state index contributed by atoms with van der Waals surface area (Å²) in [5, 5.41) is 4.09. The fourth-order valence-electron chi connectivity index (χ4n) is 2.10. The number of rotatable bonds is 7. The van der Waals surface area contributed by atoms with Gasteiger partial charge in [-0.1, -0.05) is 0 Å². The third-order valence-electron chi connectivity index (χ3n) is 3.47. The van der Waals surface area contributed by atoms with Crippen LogP contribution in [-0.2, 0) is 10.0 Å². The summed E-state index contributed by atoms with van der Waals surface area (Å²) >= 11 is 0. The number of sulfonamides is 1. The Kier molecular flexibility index (Phi) is 4.50. The van der Waals surface area contributed by atoms with Crippen molar-refractivity contribution in [2.24, 2.45) is 5.92 Å². The second-order valence-electron chi connectivity index (χ2n) is 5.43. The van der Waals surface area contributed by atoms with Gasteiger partial charge in [-0.3, -0.25) is 9.40 Å². The van der Waals surface area contributed by atoms with Gasteiger partial charge in [0, 0.05) is 12.6 Å². The van der Waals surface area contributed by atoms with Crippen LogP contribution in [0, 0.1) is 5.92 Å². The van der Waals surface area contributed by atoms with Gasteiger partial charge in [0.2, 0.25) is 10.0 Å². The molecule has 2 rings (SSSR count). The predicted molar refractivity (Wildman–Crippen MR) is 72.4 cm³/mol. The van der Waals surface area contributed by atoms with Crippen molar-refractivity contribution in [1.29, 1.82) is 0 Å². The molecule has 1 aromatic rings. The van der Waals surface area contributed by atoms with Crippen LogP contribution in [-0.4, -0.2) is 30.1 Å². The van der Waals surface area contributed by atoms with Crippen LogP contribution in [0.15, 0.2) is 12.4 Å². The van der Waals surface area contributed by atoms with Crippen LogP contribution < -0.4 is 4.72 Å². The first kappa shape index (κ1) is 16.1. The lowest BCUT2D eigenvalue weighted by molar-refractivity contribution is -0.134. The summed E-state index contributed by atoms with van der Waals surface area (Å²) in [6.45, 7) is 2.01. The van der Waals surface area contributed by atoms with Crippen LogP contribution in [0.4, 0.5) is 18.9 Å². The maximum absolute atomic E-state index is 12.0. The second-order valence-corrected chi connectivity index (χ2v) is 7.27. The monoisotopic (exact) mass is 325 g/mol. The summed E-state index contributed by atoms with van der Waals surface area (Å²) in [7, 11) is -3.78. The summed E-state index contributed by atoms with van der Waals surface area (Å²) in [4.78, 5) is 0. The number of aromatic nitrogens is 2. The van der Waals surface area contributed by atoms with Crippen LogP contribution in [0.2, 0.25) is 0 Å². The number of alkyl halides is 3. The number of hydrogen-bond acceptors (Lipinski definition) is 3. The highest BCUT2D eigenvalue weighted by atomic mass is 32.2. The Hall–Kier alpha value is -1.25. The third-order valence-corrected chi connectivity index (χ3v) is 4.84. The van der Waals surface area contributed by atoms with Gasteiger partial charge >= 0.3 is 6.18 Å². The summed E-state index contributed by atoms with van der Waals surface area (Å²) in [6, 6.07) is 0.202. The van der Waals surface area contributed by atoms with E-state index in [9.17, 15) is 21.6 Å². The zero-order chi connectivity index (χ0) is 15.7. The Bertz CT molecular complexity index is 579. The molecule has 0 saturated heterocycles. The molecule has 0 aliphatic heterocycles. The minimum Gasteiger partial charge on any atom is -0.280 e. The van der Waals surface area contributed by atoms with Gasteiger partial charge in [-0.25, -0.2) is 8.42 Å². The van der Waals surface area contributed by atoms with Crippen molar-refractivity contribution in [2.75, 3.05) is 10.5 Å². The Balaban J connectivity index is 1.88. The molecule has 1 unspecified atom stereocenters. The maximum atomic E-state index is 12.0. The fraction of sp³-hybridized carbons (Fsp3) is 0.750. The highest BCUT2D eigenvalue weighted by Crippen LogP contribution is 2.39. The lowest BCUT2D eigenvalue weighted by Gasteiger charge is -2.10. The van der Waals surface area contributed by atoms with Crippen molar-refractivity contribution in [1.82, 2.24) is 9.78 Å². The van der Waals surface area contributed by atoms with Crippen molar-refractivity contribution in [3.63, 3.8) is 0 Å². The van der Waals surface area contributed by atoms with Crippen molar-refractivity contribution >= 4 is 15.7 Å². The van der Waals surface area contributed by atoms with Crippen LogP contribution in [0.5, 0.6) is 0 Å². The van der Waals surface area contributed by atoms with E-state index in [4.69, 9.17) is 0 Å². The molecule has 1 atom stereocenters. The number of nitrogens with zero attached hydrogens (tertiary/aromatic N) is 2. The molecular weight excluding hydrogens is 307 g/mol. The Morgan fingerprint density at radius 1 is 1.48 bits per heavy atom. The summed E-state index contributed by atoms with van der Waals surface area (Å²) < 4.78 is 63.3. The lowest BCUT2D eigenvalue weighted by Crippen LogP contribution is -2.18. The number of anilines is 1. The zero-order valence-electron chi connectivity index (χ0n) is 11.6. The van der Waals surface area contributed by atoms with Gasteiger partial charge in [0.15, 0.2) is 0 Å². The minimum atomic E-state index is -4.33. The van der Waals surface area contributed by atoms with Crippen LogP contribution in [0.25, 0.3) is 0 Å². The summed E-state index contributed by atoms with van der Waals surface area (Å²) in [6.07, 6.45) is -0.666. The first-order valence-corrected chi connectivity index (χ1v) is 8.43. The molecule has 9 heteroatoms. The third kappa shape index (κ3) is 5.22. The standard InChI is InChI=1S/C12H18F3N3O2S/c1-9(10-3-4-10)18-8-11(7-16-18)17-21(19,20)6-2-5-12(13,14)15/h7-10,17H,2-6H2,1H3. The quantitative estimate of drug-likeness (QED) is 0.838. The van der Waals surface area contributed by atoms with Gasteiger partial charge < -0.3 is 0 Å². The summed E-state index contributed by atoms with van der Waals surface area (Å²) in [5.41, 5.74) is 0.287. The normalized spacial score (nSPS) is 17.7. The Labute approximate surface area is 121 Å².